The van der Waals surface area contributed by atoms with E-state index in [0.717, 1.165) is 42.6 Å². The number of aromatic amines is 1. The third-order valence-electron chi connectivity index (χ3n) is 3.51. The van der Waals surface area contributed by atoms with Crippen LogP contribution in [-0.2, 0) is 19.9 Å². The van der Waals surface area contributed by atoms with Crippen molar-refractivity contribution < 1.29 is 0 Å². The number of H-pyrrole nitrogens is 1. The van der Waals surface area contributed by atoms with Crippen molar-refractivity contribution >= 4 is 0 Å². The van der Waals surface area contributed by atoms with Crippen LogP contribution in [-0.4, -0.2) is 19.7 Å². The lowest BCUT2D eigenvalue weighted by Gasteiger charge is -2.07. The Morgan fingerprint density at radius 3 is 2.89 bits per heavy atom. The molecule has 0 amide bonds. The van der Waals surface area contributed by atoms with Crippen molar-refractivity contribution in [3.8, 4) is 11.5 Å². The summed E-state index contributed by atoms with van der Waals surface area (Å²) in [5.41, 5.74) is 2.70. The van der Waals surface area contributed by atoms with E-state index >= 15 is 0 Å². The zero-order valence-corrected chi connectivity index (χ0v) is 10.4. The van der Waals surface area contributed by atoms with Gasteiger partial charge in [-0.2, -0.15) is 5.10 Å². The maximum absolute atomic E-state index is 12.1. The Balaban J connectivity index is 2.14. The molecule has 0 fully saturated rings. The highest BCUT2D eigenvalue weighted by molar-refractivity contribution is 5.49. The summed E-state index contributed by atoms with van der Waals surface area (Å²) in [6.45, 7) is 0. The minimum Gasteiger partial charge on any atom is -0.305 e. The van der Waals surface area contributed by atoms with Gasteiger partial charge in [-0.25, -0.2) is 4.98 Å². The molecule has 0 saturated carbocycles. The second-order valence-electron chi connectivity index (χ2n) is 4.74. The van der Waals surface area contributed by atoms with E-state index in [-0.39, 0.29) is 5.56 Å². The van der Waals surface area contributed by atoms with Gasteiger partial charge in [-0.15, -0.1) is 0 Å². The van der Waals surface area contributed by atoms with Gasteiger partial charge in [0.1, 0.15) is 5.69 Å². The molecule has 0 aliphatic heterocycles. The molecule has 0 saturated heterocycles. The molecule has 0 unspecified atom stereocenters. The van der Waals surface area contributed by atoms with Gasteiger partial charge in [0.15, 0.2) is 5.82 Å². The quantitative estimate of drug-likeness (QED) is 0.772. The van der Waals surface area contributed by atoms with E-state index in [2.05, 4.69) is 15.1 Å². The van der Waals surface area contributed by atoms with E-state index in [1.807, 2.05) is 13.1 Å². The fourth-order valence-corrected chi connectivity index (χ4v) is 2.51. The second-order valence-corrected chi connectivity index (χ2v) is 4.74. The summed E-state index contributed by atoms with van der Waals surface area (Å²) in [6.07, 6.45) is 6.85. The molecule has 0 aromatic carbocycles. The maximum atomic E-state index is 12.1. The van der Waals surface area contributed by atoms with Crippen LogP contribution < -0.4 is 5.56 Å². The fraction of sp³-hybridized carbons (Fsp3) is 0.462. The highest BCUT2D eigenvalue weighted by Gasteiger charge is 2.16. The number of fused-ring (bicyclic) bond motifs is 1. The third kappa shape index (κ3) is 1.85. The van der Waals surface area contributed by atoms with E-state index in [4.69, 9.17) is 0 Å². The molecular weight excluding hydrogens is 228 g/mol. The fourth-order valence-electron chi connectivity index (χ4n) is 2.51. The standard InChI is InChI=1S/C13H16N4O/c1-17-11(7-8-14-17)12-15-10-6-4-2-3-5-9(10)13(18)16-12/h7-8H,2-6H2,1H3,(H,15,16,18). The van der Waals surface area contributed by atoms with Crippen LogP contribution in [0.15, 0.2) is 17.1 Å². The predicted octanol–water partition coefficient (Wildman–Crippen LogP) is 1.44. The van der Waals surface area contributed by atoms with E-state index in [1.54, 1.807) is 10.9 Å². The Hall–Kier alpha value is -1.91. The highest BCUT2D eigenvalue weighted by atomic mass is 16.1. The average molecular weight is 244 g/mol. The van der Waals surface area contributed by atoms with Crippen molar-refractivity contribution in [1.29, 1.82) is 0 Å². The molecule has 2 aromatic heterocycles. The highest BCUT2D eigenvalue weighted by Crippen LogP contribution is 2.19. The van der Waals surface area contributed by atoms with Crippen LogP contribution in [0.2, 0.25) is 0 Å². The number of nitrogens with one attached hydrogen (secondary N) is 1. The molecule has 18 heavy (non-hydrogen) atoms. The van der Waals surface area contributed by atoms with Crippen molar-refractivity contribution in [2.24, 2.45) is 7.05 Å². The molecule has 2 aromatic rings. The monoisotopic (exact) mass is 244 g/mol. The molecule has 0 spiro atoms. The van der Waals surface area contributed by atoms with Gasteiger partial charge >= 0.3 is 0 Å². The Kier molecular flexibility index (Phi) is 2.74. The topological polar surface area (TPSA) is 63.6 Å². The average Bonchev–Trinajstić information content (AvgIpc) is 2.63. The van der Waals surface area contributed by atoms with E-state index in [9.17, 15) is 4.79 Å². The van der Waals surface area contributed by atoms with Crippen LogP contribution in [0.1, 0.15) is 30.5 Å². The van der Waals surface area contributed by atoms with Crippen molar-refractivity contribution in [3.05, 3.63) is 33.9 Å². The van der Waals surface area contributed by atoms with Crippen LogP contribution in [0.25, 0.3) is 11.5 Å². The van der Waals surface area contributed by atoms with Gasteiger partial charge in [-0.3, -0.25) is 9.48 Å². The van der Waals surface area contributed by atoms with Gasteiger partial charge in [0.25, 0.3) is 5.56 Å². The van der Waals surface area contributed by atoms with Crippen molar-refractivity contribution in [3.63, 3.8) is 0 Å². The van der Waals surface area contributed by atoms with Crippen LogP contribution in [0.5, 0.6) is 0 Å². The normalized spacial score (nSPS) is 15.2. The summed E-state index contributed by atoms with van der Waals surface area (Å²) in [7, 11) is 1.85. The number of aromatic nitrogens is 4. The minimum absolute atomic E-state index is 0.0121. The lowest BCUT2D eigenvalue weighted by Crippen LogP contribution is -2.18. The molecule has 5 heteroatoms. The second kappa shape index (κ2) is 4.40. The van der Waals surface area contributed by atoms with Crippen LogP contribution in [0.4, 0.5) is 0 Å². The van der Waals surface area contributed by atoms with Gasteiger partial charge in [-0.05, 0) is 31.7 Å². The molecule has 0 atom stereocenters. The molecular formula is C13H16N4O. The molecule has 1 N–H and O–H groups in total. The smallest absolute Gasteiger partial charge is 0.254 e. The van der Waals surface area contributed by atoms with Crippen LogP contribution in [0.3, 0.4) is 0 Å². The summed E-state index contributed by atoms with van der Waals surface area (Å²) < 4.78 is 1.72. The first-order chi connectivity index (χ1) is 8.75. The maximum Gasteiger partial charge on any atom is 0.254 e. The SMILES string of the molecule is Cn1nccc1-c1nc2c(c(=O)[nH]1)CCCCC2. The first-order valence-electron chi connectivity index (χ1n) is 6.36. The van der Waals surface area contributed by atoms with Gasteiger partial charge in [-0.1, -0.05) is 6.42 Å². The Morgan fingerprint density at radius 2 is 2.11 bits per heavy atom. The van der Waals surface area contributed by atoms with Crippen LogP contribution >= 0.6 is 0 Å². The van der Waals surface area contributed by atoms with Gasteiger partial charge < -0.3 is 4.98 Å². The molecule has 5 nitrogen and oxygen atoms in total. The molecule has 0 bridgehead atoms. The summed E-state index contributed by atoms with van der Waals surface area (Å²) in [5.74, 6) is 0.626. The zero-order valence-electron chi connectivity index (χ0n) is 10.4. The van der Waals surface area contributed by atoms with Gasteiger partial charge in [0.05, 0.1) is 5.69 Å². The zero-order chi connectivity index (χ0) is 12.5. The summed E-state index contributed by atoms with van der Waals surface area (Å²) in [5, 5.41) is 4.11. The summed E-state index contributed by atoms with van der Waals surface area (Å²) in [4.78, 5) is 19.6. The number of aryl methyl sites for hydroxylation is 2. The Labute approximate surface area is 105 Å². The Bertz CT molecular complexity index is 626. The number of hydrogen-bond donors (Lipinski definition) is 1. The van der Waals surface area contributed by atoms with Crippen LogP contribution in [0, 0.1) is 0 Å². The Morgan fingerprint density at radius 1 is 1.28 bits per heavy atom. The van der Waals surface area contributed by atoms with Crippen molar-refractivity contribution in [2.75, 3.05) is 0 Å². The molecule has 1 aliphatic carbocycles. The largest absolute Gasteiger partial charge is 0.305 e. The van der Waals surface area contributed by atoms with Gasteiger partial charge in [0.2, 0.25) is 0 Å². The first kappa shape index (κ1) is 11.2. The van der Waals surface area contributed by atoms with E-state index in [0.29, 0.717) is 5.82 Å². The summed E-state index contributed by atoms with van der Waals surface area (Å²) >= 11 is 0. The molecule has 94 valence electrons. The molecule has 1 aliphatic rings. The number of nitrogens with zero attached hydrogens (tertiary/aromatic N) is 3. The summed E-state index contributed by atoms with van der Waals surface area (Å²) in [6, 6.07) is 1.86. The molecule has 3 rings (SSSR count). The molecule has 0 radical (unpaired) electrons. The number of hydrogen-bond acceptors (Lipinski definition) is 3. The molecule has 2 heterocycles. The van der Waals surface area contributed by atoms with Gasteiger partial charge in [0, 0.05) is 18.8 Å². The van der Waals surface area contributed by atoms with E-state index < -0.39 is 0 Å². The van der Waals surface area contributed by atoms with E-state index in [1.165, 1.54) is 6.42 Å². The van der Waals surface area contributed by atoms with Crippen molar-refractivity contribution in [2.45, 2.75) is 32.1 Å². The first-order valence-corrected chi connectivity index (χ1v) is 6.36. The predicted molar refractivity (Wildman–Crippen MR) is 68.3 cm³/mol. The lowest BCUT2D eigenvalue weighted by molar-refractivity contribution is 0.708. The third-order valence-corrected chi connectivity index (χ3v) is 3.51. The minimum atomic E-state index is 0.0121. The number of rotatable bonds is 1. The van der Waals surface area contributed by atoms with Crippen molar-refractivity contribution in [1.82, 2.24) is 19.7 Å². The lowest BCUT2D eigenvalue weighted by atomic mass is 10.1.